The molecule has 164 valence electrons. The molecule has 0 aliphatic carbocycles. The SMILES string of the molecule is CSCCC(NC(=O)CNC(=O)C(N)CC(=O)O)C(=O)NC(CC(=O)O)C(=O)O. The molecule has 13 nitrogen and oxygen atoms in total. The normalized spacial score (nSPS) is 13.4. The quantitative estimate of drug-likeness (QED) is 0.147. The summed E-state index contributed by atoms with van der Waals surface area (Å²) in [6.45, 7) is -0.591. The summed E-state index contributed by atoms with van der Waals surface area (Å²) in [7, 11) is 0. The molecule has 0 aliphatic rings. The van der Waals surface area contributed by atoms with E-state index in [1.54, 1.807) is 6.26 Å². The Morgan fingerprint density at radius 3 is 1.97 bits per heavy atom. The van der Waals surface area contributed by atoms with Crippen LogP contribution < -0.4 is 21.7 Å². The van der Waals surface area contributed by atoms with Crippen LogP contribution in [0, 0.1) is 0 Å². The molecule has 3 unspecified atom stereocenters. The third kappa shape index (κ3) is 11.5. The summed E-state index contributed by atoms with van der Waals surface area (Å²) in [5, 5.41) is 32.8. The first kappa shape index (κ1) is 26.1. The molecule has 8 N–H and O–H groups in total. The molecule has 3 atom stereocenters. The first-order valence-electron chi connectivity index (χ1n) is 8.26. The molecule has 0 saturated carbocycles. The van der Waals surface area contributed by atoms with Gasteiger partial charge in [-0.2, -0.15) is 11.8 Å². The smallest absolute Gasteiger partial charge is 0.326 e. The average Bonchev–Trinajstić information content (AvgIpc) is 2.61. The highest BCUT2D eigenvalue weighted by Crippen LogP contribution is 2.03. The van der Waals surface area contributed by atoms with Gasteiger partial charge in [0.1, 0.15) is 12.1 Å². The molecule has 0 radical (unpaired) electrons. The van der Waals surface area contributed by atoms with E-state index in [0.29, 0.717) is 5.75 Å². The fourth-order valence-electron chi connectivity index (χ4n) is 1.98. The van der Waals surface area contributed by atoms with Gasteiger partial charge in [0.15, 0.2) is 0 Å². The largest absolute Gasteiger partial charge is 0.481 e. The zero-order valence-corrected chi connectivity index (χ0v) is 16.4. The van der Waals surface area contributed by atoms with Gasteiger partial charge in [0, 0.05) is 0 Å². The molecular formula is C15H24N4O9S. The van der Waals surface area contributed by atoms with Crippen LogP contribution in [0.1, 0.15) is 19.3 Å². The Balaban J connectivity index is 4.87. The van der Waals surface area contributed by atoms with E-state index in [-0.39, 0.29) is 6.42 Å². The number of carbonyl (C=O) groups is 6. The Kier molecular flexibility index (Phi) is 12.0. The number of hydrogen-bond donors (Lipinski definition) is 7. The number of amides is 3. The zero-order chi connectivity index (χ0) is 22.6. The Labute approximate surface area is 169 Å². The number of hydrogen-bond acceptors (Lipinski definition) is 8. The van der Waals surface area contributed by atoms with Crippen LogP contribution in [0.2, 0.25) is 0 Å². The maximum atomic E-state index is 12.3. The van der Waals surface area contributed by atoms with Crippen molar-refractivity contribution in [1.29, 1.82) is 0 Å². The molecule has 0 saturated heterocycles. The van der Waals surface area contributed by atoms with Crippen molar-refractivity contribution in [1.82, 2.24) is 16.0 Å². The third-order valence-corrected chi connectivity index (χ3v) is 4.05. The van der Waals surface area contributed by atoms with Crippen molar-refractivity contribution < 1.29 is 44.1 Å². The van der Waals surface area contributed by atoms with Crippen LogP contribution >= 0.6 is 11.8 Å². The molecule has 0 spiro atoms. The van der Waals surface area contributed by atoms with Gasteiger partial charge < -0.3 is 37.0 Å². The first-order valence-corrected chi connectivity index (χ1v) is 9.65. The number of carbonyl (C=O) groups excluding carboxylic acids is 3. The third-order valence-electron chi connectivity index (χ3n) is 3.41. The van der Waals surface area contributed by atoms with Crippen LogP contribution in [-0.2, 0) is 28.8 Å². The molecule has 0 aromatic rings. The number of rotatable bonds is 14. The second-order valence-electron chi connectivity index (χ2n) is 5.82. The van der Waals surface area contributed by atoms with Gasteiger partial charge in [-0.05, 0) is 18.4 Å². The summed E-state index contributed by atoms with van der Waals surface area (Å²) < 4.78 is 0. The van der Waals surface area contributed by atoms with E-state index in [1.165, 1.54) is 11.8 Å². The van der Waals surface area contributed by atoms with Crippen molar-refractivity contribution in [3.05, 3.63) is 0 Å². The highest BCUT2D eigenvalue weighted by molar-refractivity contribution is 7.98. The lowest BCUT2D eigenvalue weighted by molar-refractivity contribution is -0.147. The monoisotopic (exact) mass is 436 g/mol. The second-order valence-corrected chi connectivity index (χ2v) is 6.81. The maximum Gasteiger partial charge on any atom is 0.326 e. The molecule has 0 aliphatic heterocycles. The lowest BCUT2D eigenvalue weighted by atomic mass is 10.1. The zero-order valence-electron chi connectivity index (χ0n) is 15.5. The van der Waals surface area contributed by atoms with E-state index in [9.17, 15) is 28.8 Å². The second kappa shape index (κ2) is 13.3. The maximum absolute atomic E-state index is 12.3. The van der Waals surface area contributed by atoms with Gasteiger partial charge in [0.05, 0.1) is 25.4 Å². The van der Waals surface area contributed by atoms with Crippen molar-refractivity contribution in [2.24, 2.45) is 5.73 Å². The van der Waals surface area contributed by atoms with Crippen LogP contribution in [0.15, 0.2) is 0 Å². The van der Waals surface area contributed by atoms with Crippen LogP contribution in [0.25, 0.3) is 0 Å². The van der Waals surface area contributed by atoms with Gasteiger partial charge in [-0.1, -0.05) is 0 Å². The van der Waals surface area contributed by atoms with E-state index in [1.807, 2.05) is 0 Å². The molecule has 0 heterocycles. The average molecular weight is 436 g/mol. The van der Waals surface area contributed by atoms with Gasteiger partial charge in [-0.25, -0.2) is 4.79 Å². The topological polar surface area (TPSA) is 225 Å². The minimum absolute atomic E-state index is 0.116. The molecule has 0 aromatic heterocycles. The first-order chi connectivity index (χ1) is 13.5. The summed E-state index contributed by atoms with van der Waals surface area (Å²) in [4.78, 5) is 68.2. The Morgan fingerprint density at radius 1 is 0.897 bits per heavy atom. The number of aliphatic carboxylic acids is 3. The Bertz CT molecular complexity index is 643. The number of thioether (sulfide) groups is 1. The van der Waals surface area contributed by atoms with E-state index < -0.39 is 73.1 Å². The van der Waals surface area contributed by atoms with Gasteiger partial charge >= 0.3 is 17.9 Å². The summed E-state index contributed by atoms with van der Waals surface area (Å²) in [5.41, 5.74) is 5.35. The van der Waals surface area contributed by atoms with Gasteiger partial charge in [0.2, 0.25) is 17.7 Å². The van der Waals surface area contributed by atoms with Crippen molar-refractivity contribution in [3.63, 3.8) is 0 Å². The molecule has 3 amide bonds. The van der Waals surface area contributed by atoms with Crippen LogP contribution in [-0.4, -0.2) is 87.6 Å². The van der Waals surface area contributed by atoms with Crippen LogP contribution in [0.5, 0.6) is 0 Å². The van der Waals surface area contributed by atoms with Crippen molar-refractivity contribution >= 4 is 47.4 Å². The predicted octanol–water partition coefficient (Wildman–Crippen LogP) is -2.81. The lowest BCUT2D eigenvalue weighted by Gasteiger charge is -2.21. The summed E-state index contributed by atoms with van der Waals surface area (Å²) >= 11 is 1.35. The van der Waals surface area contributed by atoms with E-state index in [0.717, 1.165) is 0 Å². The van der Waals surface area contributed by atoms with Gasteiger partial charge in [0.25, 0.3) is 0 Å². The van der Waals surface area contributed by atoms with E-state index in [4.69, 9.17) is 21.1 Å². The highest BCUT2D eigenvalue weighted by Gasteiger charge is 2.28. The minimum Gasteiger partial charge on any atom is -0.481 e. The Morgan fingerprint density at radius 2 is 1.48 bits per heavy atom. The molecule has 0 bridgehead atoms. The Hall–Kier alpha value is -2.87. The molecule has 29 heavy (non-hydrogen) atoms. The molecular weight excluding hydrogens is 412 g/mol. The molecule has 0 rings (SSSR count). The van der Waals surface area contributed by atoms with Crippen molar-refractivity contribution in [2.45, 2.75) is 37.4 Å². The molecule has 14 heteroatoms. The molecule has 0 aromatic carbocycles. The van der Waals surface area contributed by atoms with Crippen LogP contribution in [0.3, 0.4) is 0 Å². The van der Waals surface area contributed by atoms with Gasteiger partial charge in [-0.3, -0.25) is 24.0 Å². The lowest BCUT2D eigenvalue weighted by Crippen LogP contribution is -2.54. The van der Waals surface area contributed by atoms with Crippen molar-refractivity contribution in [3.8, 4) is 0 Å². The van der Waals surface area contributed by atoms with Crippen molar-refractivity contribution in [2.75, 3.05) is 18.6 Å². The van der Waals surface area contributed by atoms with E-state index in [2.05, 4.69) is 16.0 Å². The number of nitrogens with two attached hydrogens (primary N) is 1. The van der Waals surface area contributed by atoms with Gasteiger partial charge in [-0.15, -0.1) is 0 Å². The predicted molar refractivity (Wildman–Crippen MR) is 100.0 cm³/mol. The summed E-state index contributed by atoms with van der Waals surface area (Å²) in [6.07, 6.45) is 0.379. The summed E-state index contributed by atoms with van der Waals surface area (Å²) in [5.74, 6) is -6.41. The highest BCUT2D eigenvalue weighted by atomic mass is 32.2. The number of carboxylic acid groups (broad SMARTS) is 3. The van der Waals surface area contributed by atoms with Crippen LogP contribution in [0.4, 0.5) is 0 Å². The summed E-state index contributed by atoms with van der Waals surface area (Å²) in [6, 6.07) is -4.21. The number of nitrogens with one attached hydrogen (secondary N) is 3. The fraction of sp³-hybridized carbons (Fsp3) is 0.600. The van der Waals surface area contributed by atoms with E-state index >= 15 is 0 Å². The number of carboxylic acids is 3. The standard InChI is InChI=1S/C15H24N4O9S/c1-29-3-2-8(14(26)19-9(15(27)28)5-12(23)24)18-10(20)6-17-13(25)7(16)4-11(21)22/h7-9H,2-6,16H2,1H3,(H,17,25)(H,18,20)(H,19,26)(H,21,22)(H,23,24)(H,27,28). The fourth-order valence-corrected chi connectivity index (χ4v) is 2.45. The minimum atomic E-state index is -1.68. The molecule has 0 fully saturated rings.